The SMILES string of the molecule is C1=C[C@@H]2C[C@@H]3C4=C2C(=C1)Cc1ccccc1N4CCN3CC1CCCCC1. The van der Waals surface area contributed by atoms with E-state index in [1.165, 1.54) is 62.9 Å². The van der Waals surface area contributed by atoms with Crippen molar-refractivity contribution in [3.8, 4) is 0 Å². The van der Waals surface area contributed by atoms with Crippen molar-refractivity contribution >= 4 is 5.69 Å². The van der Waals surface area contributed by atoms with E-state index in [2.05, 4.69) is 52.3 Å². The maximum atomic E-state index is 2.87. The zero-order chi connectivity index (χ0) is 17.8. The molecule has 2 aliphatic heterocycles. The van der Waals surface area contributed by atoms with Crippen LogP contribution >= 0.6 is 0 Å². The Bertz CT molecular complexity index is 840. The molecule has 0 radical (unpaired) electrons. The summed E-state index contributed by atoms with van der Waals surface area (Å²) in [6.07, 6.45) is 16.9. The van der Waals surface area contributed by atoms with Crippen molar-refractivity contribution in [2.45, 2.75) is 51.0 Å². The van der Waals surface area contributed by atoms with Gasteiger partial charge in [-0.3, -0.25) is 4.90 Å². The molecule has 0 amide bonds. The van der Waals surface area contributed by atoms with Crippen molar-refractivity contribution in [2.24, 2.45) is 11.8 Å². The first-order valence-corrected chi connectivity index (χ1v) is 11.1. The van der Waals surface area contributed by atoms with Gasteiger partial charge in [0.1, 0.15) is 0 Å². The van der Waals surface area contributed by atoms with Crippen molar-refractivity contribution in [3.63, 3.8) is 0 Å². The third-order valence-electron chi connectivity index (χ3n) is 7.65. The summed E-state index contributed by atoms with van der Waals surface area (Å²) in [5.41, 5.74) is 7.88. The van der Waals surface area contributed by atoms with Crippen LogP contribution in [-0.4, -0.2) is 30.6 Å². The highest BCUT2D eigenvalue weighted by atomic mass is 15.3. The second kappa shape index (κ2) is 6.38. The van der Waals surface area contributed by atoms with Gasteiger partial charge in [-0.15, -0.1) is 0 Å². The summed E-state index contributed by atoms with van der Waals surface area (Å²) >= 11 is 0. The van der Waals surface area contributed by atoms with E-state index in [0.29, 0.717) is 12.0 Å². The molecule has 140 valence electrons. The van der Waals surface area contributed by atoms with Crippen molar-refractivity contribution in [1.29, 1.82) is 0 Å². The van der Waals surface area contributed by atoms with Gasteiger partial charge in [-0.05, 0) is 54.4 Å². The van der Waals surface area contributed by atoms with E-state index in [1.54, 1.807) is 16.8 Å². The number of fused-ring (bicyclic) bond motifs is 2. The van der Waals surface area contributed by atoms with Crippen molar-refractivity contribution in [3.05, 3.63) is 64.9 Å². The Morgan fingerprint density at radius 1 is 1.00 bits per heavy atom. The van der Waals surface area contributed by atoms with Gasteiger partial charge in [-0.1, -0.05) is 55.7 Å². The maximum Gasteiger partial charge on any atom is 0.0513 e. The first-order valence-electron chi connectivity index (χ1n) is 11.1. The lowest BCUT2D eigenvalue weighted by atomic mass is 9.87. The molecule has 1 aromatic rings. The molecule has 27 heavy (non-hydrogen) atoms. The Balaban J connectivity index is 1.40. The molecule has 6 rings (SSSR count). The molecule has 2 atom stereocenters. The molecule has 1 saturated heterocycles. The average molecular weight is 359 g/mol. The minimum absolute atomic E-state index is 0.623. The van der Waals surface area contributed by atoms with Gasteiger partial charge in [0, 0.05) is 36.9 Å². The monoisotopic (exact) mass is 358 g/mol. The number of benzene rings is 1. The summed E-state index contributed by atoms with van der Waals surface area (Å²) in [5, 5.41) is 0. The molecule has 3 aliphatic carbocycles. The second-order valence-electron chi connectivity index (χ2n) is 9.19. The van der Waals surface area contributed by atoms with Crippen LogP contribution in [0.3, 0.4) is 0 Å². The zero-order valence-corrected chi connectivity index (χ0v) is 16.2. The van der Waals surface area contributed by atoms with E-state index >= 15 is 0 Å². The van der Waals surface area contributed by atoms with Crippen molar-refractivity contribution < 1.29 is 0 Å². The first kappa shape index (κ1) is 16.2. The van der Waals surface area contributed by atoms with E-state index < -0.39 is 0 Å². The third kappa shape index (κ3) is 2.56. The largest absolute Gasteiger partial charge is 0.342 e. The van der Waals surface area contributed by atoms with Gasteiger partial charge in [-0.25, -0.2) is 0 Å². The molecule has 2 heterocycles. The molecule has 1 aromatic carbocycles. The van der Waals surface area contributed by atoms with Crippen LogP contribution in [0.4, 0.5) is 5.69 Å². The summed E-state index contributed by atoms with van der Waals surface area (Å²) in [6.45, 7) is 3.71. The summed E-state index contributed by atoms with van der Waals surface area (Å²) in [6, 6.07) is 9.76. The summed E-state index contributed by atoms with van der Waals surface area (Å²) in [5.74, 6) is 1.57. The number of allylic oxidation sites excluding steroid dienone is 5. The quantitative estimate of drug-likeness (QED) is 0.727. The molecule has 2 nitrogen and oxygen atoms in total. The number of para-hydroxylation sites is 1. The molecule has 2 heteroatoms. The van der Waals surface area contributed by atoms with Crippen molar-refractivity contribution in [1.82, 2.24) is 4.90 Å². The van der Waals surface area contributed by atoms with E-state index in [-0.39, 0.29) is 0 Å². The lowest BCUT2D eigenvalue weighted by Gasteiger charge is -2.44. The molecule has 0 spiro atoms. The topological polar surface area (TPSA) is 6.48 Å². The van der Waals surface area contributed by atoms with Crippen LogP contribution < -0.4 is 4.90 Å². The number of piperazine rings is 1. The zero-order valence-electron chi connectivity index (χ0n) is 16.2. The van der Waals surface area contributed by atoms with E-state index in [0.717, 1.165) is 18.9 Å². The summed E-state index contributed by atoms with van der Waals surface area (Å²) in [4.78, 5) is 5.57. The fourth-order valence-corrected chi connectivity index (χ4v) is 6.42. The van der Waals surface area contributed by atoms with E-state index in [1.807, 2.05) is 0 Å². The number of rotatable bonds is 2. The molecule has 5 aliphatic rings. The highest BCUT2D eigenvalue weighted by molar-refractivity contribution is 5.68. The highest BCUT2D eigenvalue weighted by Crippen LogP contribution is 2.49. The Kier molecular flexibility index (Phi) is 3.82. The Hall–Kier alpha value is -1.80. The minimum Gasteiger partial charge on any atom is -0.342 e. The van der Waals surface area contributed by atoms with E-state index in [4.69, 9.17) is 0 Å². The van der Waals surface area contributed by atoms with Crippen LogP contribution in [-0.2, 0) is 6.42 Å². The Labute approximate surface area is 163 Å². The molecule has 2 fully saturated rings. The predicted octanol–water partition coefficient (Wildman–Crippen LogP) is 5.08. The molecular formula is C25H30N2. The predicted molar refractivity (Wildman–Crippen MR) is 112 cm³/mol. The lowest BCUT2D eigenvalue weighted by Crippen LogP contribution is -2.52. The fraction of sp³-hybridized carbons (Fsp3) is 0.520. The maximum absolute atomic E-state index is 2.87. The van der Waals surface area contributed by atoms with Gasteiger partial charge in [0.05, 0.1) is 6.04 Å². The summed E-state index contributed by atoms with van der Waals surface area (Å²) < 4.78 is 0. The molecule has 0 N–H and O–H groups in total. The van der Waals surface area contributed by atoms with Gasteiger partial charge in [0.15, 0.2) is 0 Å². The molecule has 1 saturated carbocycles. The average Bonchev–Trinajstić information content (AvgIpc) is 3.04. The smallest absolute Gasteiger partial charge is 0.0513 e. The van der Waals surface area contributed by atoms with Crippen LogP contribution in [0, 0.1) is 11.8 Å². The Morgan fingerprint density at radius 3 is 2.81 bits per heavy atom. The van der Waals surface area contributed by atoms with Crippen molar-refractivity contribution in [2.75, 3.05) is 24.5 Å². The van der Waals surface area contributed by atoms with Gasteiger partial charge in [0.2, 0.25) is 0 Å². The molecule has 0 bridgehead atoms. The van der Waals surface area contributed by atoms with E-state index in [9.17, 15) is 0 Å². The number of hydrogen-bond donors (Lipinski definition) is 0. The molecule has 0 unspecified atom stereocenters. The standard InChI is InChI=1S/C25H30N2/c1-2-7-18(8-3-1)17-26-13-14-27-22-12-5-4-9-19(22)15-20-10-6-11-21-16-23(26)25(27)24(20)21/h4-6,9-12,18,21,23H,1-3,7-8,13-17H2/t21-,23-/m1/s1. The summed E-state index contributed by atoms with van der Waals surface area (Å²) in [7, 11) is 0. The number of hydrogen-bond acceptors (Lipinski definition) is 2. The Morgan fingerprint density at radius 2 is 1.89 bits per heavy atom. The first-order chi connectivity index (χ1) is 13.4. The van der Waals surface area contributed by atoms with Crippen LogP contribution in [0.5, 0.6) is 0 Å². The molecular weight excluding hydrogens is 328 g/mol. The number of anilines is 1. The fourth-order valence-electron chi connectivity index (χ4n) is 6.42. The van der Waals surface area contributed by atoms with Crippen LogP contribution in [0.1, 0.15) is 44.1 Å². The van der Waals surface area contributed by atoms with Gasteiger partial charge >= 0.3 is 0 Å². The van der Waals surface area contributed by atoms with Crippen LogP contribution in [0.15, 0.2) is 59.3 Å². The minimum atomic E-state index is 0.623. The number of nitrogens with zero attached hydrogens (tertiary/aromatic N) is 2. The van der Waals surface area contributed by atoms with Crippen LogP contribution in [0.25, 0.3) is 0 Å². The van der Waals surface area contributed by atoms with Gasteiger partial charge in [-0.2, -0.15) is 0 Å². The second-order valence-corrected chi connectivity index (χ2v) is 9.19. The lowest BCUT2D eigenvalue weighted by molar-refractivity contribution is 0.151. The van der Waals surface area contributed by atoms with Gasteiger partial charge < -0.3 is 4.90 Å². The van der Waals surface area contributed by atoms with Crippen LogP contribution in [0.2, 0.25) is 0 Å². The third-order valence-corrected chi connectivity index (χ3v) is 7.65. The molecule has 0 aromatic heterocycles. The highest BCUT2D eigenvalue weighted by Gasteiger charge is 2.45. The normalized spacial score (nSPS) is 30.1. The van der Waals surface area contributed by atoms with Gasteiger partial charge in [0.25, 0.3) is 0 Å².